The first-order chi connectivity index (χ1) is 13.2. The minimum Gasteiger partial charge on any atom is -0.368 e. The minimum atomic E-state index is 0.666. The smallest absolute Gasteiger partial charge is 0.212 e. The van der Waals surface area contributed by atoms with Crippen LogP contribution in [0.4, 0.5) is 10.8 Å². The monoisotopic (exact) mass is 415 g/mol. The van der Waals surface area contributed by atoms with Crippen LogP contribution in [0, 0.1) is 0 Å². The molecule has 138 valence electrons. The summed E-state index contributed by atoms with van der Waals surface area (Å²) in [7, 11) is 0. The zero-order valence-corrected chi connectivity index (χ0v) is 16.9. The number of anilines is 2. The number of piperazine rings is 1. The van der Waals surface area contributed by atoms with Gasteiger partial charge in [0.05, 0.1) is 5.02 Å². The summed E-state index contributed by atoms with van der Waals surface area (Å²) in [6.07, 6.45) is 0. The van der Waals surface area contributed by atoms with Crippen LogP contribution in [0.3, 0.4) is 0 Å². The quantitative estimate of drug-likeness (QED) is 0.640. The highest BCUT2D eigenvalue weighted by molar-refractivity contribution is 7.80. The van der Waals surface area contributed by atoms with Gasteiger partial charge in [-0.25, -0.2) is 0 Å². The zero-order chi connectivity index (χ0) is 18.6. The number of thiocarbonyl (C=S) groups is 1. The Hall–Kier alpha value is -2.22. The second-order valence-corrected chi connectivity index (χ2v) is 7.90. The normalized spacial score (nSPS) is 14.3. The molecule has 1 fully saturated rings. The van der Waals surface area contributed by atoms with Gasteiger partial charge in [0, 0.05) is 37.4 Å². The highest BCUT2D eigenvalue weighted by Gasteiger charge is 2.20. The molecule has 1 aliphatic rings. The van der Waals surface area contributed by atoms with E-state index in [1.807, 2.05) is 30.3 Å². The highest BCUT2D eigenvalue weighted by Crippen LogP contribution is 2.31. The molecule has 0 amide bonds. The van der Waals surface area contributed by atoms with Gasteiger partial charge in [0.1, 0.15) is 0 Å². The van der Waals surface area contributed by atoms with Crippen LogP contribution in [0.2, 0.25) is 5.02 Å². The standard InChI is InChI=1S/C19H18ClN5S2/c20-16-9-5-4-8-15(16)17-22-23-18(27-17)21-19(26)25-12-10-24(11-13-25)14-6-2-1-3-7-14/h1-9H,10-13H2,(H,21,23,26). The fourth-order valence-corrected chi connectivity index (χ4v) is 4.40. The SMILES string of the molecule is S=C(Nc1nnc(-c2ccccc2Cl)s1)N1CCN(c2ccccc2)CC1. The Labute approximate surface area is 172 Å². The lowest BCUT2D eigenvalue weighted by atomic mass is 10.2. The molecule has 0 aliphatic carbocycles. The van der Waals surface area contributed by atoms with Crippen LogP contribution in [0.15, 0.2) is 54.6 Å². The zero-order valence-electron chi connectivity index (χ0n) is 14.5. The van der Waals surface area contributed by atoms with Crippen LogP contribution in [-0.4, -0.2) is 46.4 Å². The molecular weight excluding hydrogens is 398 g/mol. The van der Waals surface area contributed by atoms with Crippen LogP contribution < -0.4 is 10.2 Å². The van der Waals surface area contributed by atoms with E-state index >= 15 is 0 Å². The average Bonchev–Trinajstić information content (AvgIpc) is 3.17. The molecule has 8 heteroatoms. The third-order valence-electron chi connectivity index (χ3n) is 4.43. The number of halogens is 1. The Bertz CT molecular complexity index is 923. The van der Waals surface area contributed by atoms with E-state index in [0.29, 0.717) is 15.3 Å². The van der Waals surface area contributed by atoms with Gasteiger partial charge in [-0.3, -0.25) is 0 Å². The number of para-hydroxylation sites is 1. The van der Waals surface area contributed by atoms with Crippen molar-refractivity contribution in [1.82, 2.24) is 15.1 Å². The molecule has 5 nitrogen and oxygen atoms in total. The van der Waals surface area contributed by atoms with Crippen molar-refractivity contribution in [3.8, 4) is 10.6 Å². The number of rotatable bonds is 3. The summed E-state index contributed by atoms with van der Waals surface area (Å²) in [6, 6.07) is 18.1. The molecule has 3 aromatic rings. The topological polar surface area (TPSA) is 44.3 Å². The van der Waals surface area contributed by atoms with Crippen LogP contribution >= 0.6 is 35.2 Å². The molecule has 2 aromatic carbocycles. The first kappa shape index (κ1) is 18.2. The van der Waals surface area contributed by atoms with Gasteiger partial charge in [-0.05, 0) is 30.4 Å². The molecule has 0 bridgehead atoms. The van der Waals surface area contributed by atoms with Gasteiger partial charge in [0.15, 0.2) is 10.1 Å². The number of hydrogen-bond donors (Lipinski definition) is 1. The molecule has 1 aromatic heterocycles. The Morgan fingerprint density at radius 2 is 1.67 bits per heavy atom. The predicted octanol–water partition coefficient (Wildman–Crippen LogP) is 4.38. The van der Waals surface area contributed by atoms with Gasteiger partial charge < -0.3 is 15.1 Å². The van der Waals surface area contributed by atoms with Gasteiger partial charge in [0.25, 0.3) is 0 Å². The third kappa shape index (κ3) is 4.21. The van der Waals surface area contributed by atoms with Crippen LogP contribution in [0.1, 0.15) is 0 Å². The van der Waals surface area contributed by atoms with E-state index in [1.165, 1.54) is 17.0 Å². The van der Waals surface area contributed by atoms with E-state index in [4.69, 9.17) is 23.8 Å². The molecular formula is C19H18ClN5S2. The highest BCUT2D eigenvalue weighted by atomic mass is 35.5. The van der Waals surface area contributed by atoms with E-state index in [0.717, 1.165) is 36.8 Å². The summed E-state index contributed by atoms with van der Waals surface area (Å²) >= 11 is 13.3. The van der Waals surface area contributed by atoms with Crippen molar-refractivity contribution in [1.29, 1.82) is 0 Å². The van der Waals surface area contributed by atoms with Crippen molar-refractivity contribution < 1.29 is 0 Å². The molecule has 1 aliphatic heterocycles. The minimum absolute atomic E-state index is 0.666. The lowest BCUT2D eigenvalue weighted by Crippen LogP contribution is -2.50. The lowest BCUT2D eigenvalue weighted by molar-refractivity contribution is 0.391. The van der Waals surface area contributed by atoms with Gasteiger partial charge in [-0.1, -0.05) is 59.3 Å². The summed E-state index contributed by atoms with van der Waals surface area (Å²) in [5.74, 6) is 0. The molecule has 4 rings (SSSR count). The predicted molar refractivity (Wildman–Crippen MR) is 117 cm³/mol. The average molecular weight is 416 g/mol. The summed E-state index contributed by atoms with van der Waals surface area (Å²) in [6.45, 7) is 3.62. The maximum absolute atomic E-state index is 6.24. The number of benzene rings is 2. The summed E-state index contributed by atoms with van der Waals surface area (Å²) < 4.78 is 0. The van der Waals surface area contributed by atoms with E-state index in [9.17, 15) is 0 Å². The van der Waals surface area contributed by atoms with Crippen molar-refractivity contribution in [3.63, 3.8) is 0 Å². The Kier molecular flexibility index (Phi) is 5.52. The Balaban J connectivity index is 1.36. The molecule has 1 saturated heterocycles. The first-order valence-electron chi connectivity index (χ1n) is 8.65. The molecule has 2 heterocycles. The first-order valence-corrected chi connectivity index (χ1v) is 10.3. The van der Waals surface area contributed by atoms with E-state index in [-0.39, 0.29) is 0 Å². The molecule has 27 heavy (non-hydrogen) atoms. The van der Waals surface area contributed by atoms with E-state index < -0.39 is 0 Å². The van der Waals surface area contributed by atoms with Gasteiger partial charge in [-0.15, -0.1) is 10.2 Å². The summed E-state index contributed by atoms with van der Waals surface area (Å²) in [5, 5.41) is 14.5. The summed E-state index contributed by atoms with van der Waals surface area (Å²) in [5.41, 5.74) is 2.14. The second kappa shape index (κ2) is 8.21. The van der Waals surface area contributed by atoms with Gasteiger partial charge >= 0.3 is 0 Å². The third-order valence-corrected chi connectivity index (χ3v) is 5.99. The molecule has 0 unspecified atom stereocenters. The van der Waals surface area contributed by atoms with Crippen molar-refractivity contribution in [2.75, 3.05) is 36.4 Å². The summed E-state index contributed by atoms with van der Waals surface area (Å²) in [4.78, 5) is 4.55. The number of nitrogens with one attached hydrogen (secondary N) is 1. The second-order valence-electron chi connectivity index (χ2n) is 6.13. The fourth-order valence-electron chi connectivity index (χ4n) is 2.99. The van der Waals surface area contributed by atoms with Crippen LogP contribution in [-0.2, 0) is 0 Å². The Morgan fingerprint density at radius 1 is 0.963 bits per heavy atom. The van der Waals surface area contributed by atoms with E-state index in [1.54, 1.807) is 0 Å². The molecule has 0 atom stereocenters. The maximum Gasteiger partial charge on any atom is 0.212 e. The fraction of sp³-hybridized carbons (Fsp3) is 0.211. The van der Waals surface area contributed by atoms with Crippen molar-refractivity contribution in [2.45, 2.75) is 0 Å². The molecule has 0 spiro atoms. The van der Waals surface area contributed by atoms with Crippen LogP contribution in [0.25, 0.3) is 10.6 Å². The lowest BCUT2D eigenvalue weighted by Gasteiger charge is -2.37. The van der Waals surface area contributed by atoms with Crippen molar-refractivity contribution in [3.05, 3.63) is 59.6 Å². The molecule has 0 saturated carbocycles. The van der Waals surface area contributed by atoms with Gasteiger partial charge in [0.2, 0.25) is 5.13 Å². The molecule has 0 radical (unpaired) electrons. The van der Waals surface area contributed by atoms with Crippen molar-refractivity contribution >= 4 is 51.1 Å². The number of hydrogen-bond acceptors (Lipinski definition) is 5. The van der Waals surface area contributed by atoms with E-state index in [2.05, 4.69) is 49.6 Å². The van der Waals surface area contributed by atoms with Crippen molar-refractivity contribution in [2.24, 2.45) is 0 Å². The number of nitrogens with zero attached hydrogens (tertiary/aromatic N) is 4. The van der Waals surface area contributed by atoms with Crippen LogP contribution in [0.5, 0.6) is 0 Å². The largest absolute Gasteiger partial charge is 0.368 e. The molecule has 1 N–H and O–H groups in total. The Morgan fingerprint density at radius 3 is 2.41 bits per heavy atom. The van der Waals surface area contributed by atoms with Gasteiger partial charge in [-0.2, -0.15) is 0 Å². The number of aromatic nitrogens is 2. The maximum atomic E-state index is 6.24.